The van der Waals surface area contributed by atoms with E-state index in [2.05, 4.69) is 0 Å². The van der Waals surface area contributed by atoms with Gasteiger partial charge in [0.15, 0.2) is 0 Å². The van der Waals surface area contributed by atoms with E-state index in [0.29, 0.717) is 0 Å². The summed E-state index contributed by atoms with van der Waals surface area (Å²) in [5.41, 5.74) is -1.38. The minimum absolute atomic E-state index is 0.129. The smallest absolute Gasteiger partial charge is 0.416 e. The van der Waals surface area contributed by atoms with Crippen molar-refractivity contribution in [2.45, 2.75) is 32.5 Å². The molecule has 0 N–H and O–H groups in total. The van der Waals surface area contributed by atoms with Crippen molar-refractivity contribution in [3.63, 3.8) is 0 Å². The van der Waals surface area contributed by atoms with Gasteiger partial charge in [0.25, 0.3) is 0 Å². The SMILES string of the molecule is CN(C(=O)OC(C)(C)C)c1cccc(C(F)(F)F)c1. The zero-order valence-electron chi connectivity index (χ0n) is 11.2. The largest absolute Gasteiger partial charge is 0.443 e. The minimum atomic E-state index is -4.44. The van der Waals surface area contributed by atoms with Crippen LogP contribution in [0.3, 0.4) is 0 Å². The summed E-state index contributed by atoms with van der Waals surface area (Å²) < 4.78 is 42.8. The molecule has 0 aliphatic rings. The van der Waals surface area contributed by atoms with E-state index in [1.54, 1.807) is 20.8 Å². The van der Waals surface area contributed by atoms with Crippen molar-refractivity contribution in [3.05, 3.63) is 29.8 Å². The molecular weight excluding hydrogens is 259 g/mol. The van der Waals surface area contributed by atoms with Gasteiger partial charge in [-0.1, -0.05) is 6.07 Å². The third kappa shape index (κ3) is 4.46. The third-order valence-electron chi connectivity index (χ3n) is 2.23. The molecule has 106 valence electrons. The van der Waals surface area contributed by atoms with Crippen LogP contribution in [-0.4, -0.2) is 18.7 Å². The second-order valence-corrected chi connectivity index (χ2v) is 5.09. The highest BCUT2D eigenvalue weighted by molar-refractivity contribution is 5.87. The van der Waals surface area contributed by atoms with Gasteiger partial charge in [0.05, 0.1) is 5.56 Å². The number of nitrogens with zero attached hydrogens (tertiary/aromatic N) is 1. The van der Waals surface area contributed by atoms with Crippen LogP contribution < -0.4 is 4.90 Å². The topological polar surface area (TPSA) is 29.5 Å². The van der Waals surface area contributed by atoms with E-state index < -0.39 is 23.4 Å². The Bertz CT molecular complexity index is 464. The van der Waals surface area contributed by atoms with Crippen LogP contribution >= 0.6 is 0 Å². The molecule has 0 saturated heterocycles. The number of rotatable bonds is 1. The molecule has 6 heteroatoms. The number of hydrogen-bond donors (Lipinski definition) is 0. The maximum absolute atomic E-state index is 12.6. The van der Waals surface area contributed by atoms with Crippen molar-refractivity contribution >= 4 is 11.8 Å². The molecule has 19 heavy (non-hydrogen) atoms. The number of ether oxygens (including phenoxy) is 1. The first kappa shape index (κ1) is 15.3. The molecule has 0 bridgehead atoms. The fourth-order valence-electron chi connectivity index (χ4n) is 1.33. The van der Waals surface area contributed by atoms with Gasteiger partial charge in [0.1, 0.15) is 5.60 Å². The molecule has 0 unspecified atom stereocenters. The average Bonchev–Trinajstić information content (AvgIpc) is 2.24. The highest BCUT2D eigenvalue weighted by Crippen LogP contribution is 2.31. The lowest BCUT2D eigenvalue weighted by molar-refractivity contribution is -0.137. The van der Waals surface area contributed by atoms with Gasteiger partial charge in [-0.15, -0.1) is 0 Å². The monoisotopic (exact) mass is 275 g/mol. The lowest BCUT2D eigenvalue weighted by Crippen LogP contribution is -2.34. The molecule has 3 nitrogen and oxygen atoms in total. The second kappa shape index (κ2) is 5.11. The van der Waals surface area contributed by atoms with Crippen LogP contribution in [0, 0.1) is 0 Å². The molecule has 1 aromatic rings. The fourth-order valence-corrected chi connectivity index (χ4v) is 1.33. The summed E-state index contributed by atoms with van der Waals surface area (Å²) in [7, 11) is 1.36. The Morgan fingerprint density at radius 3 is 2.26 bits per heavy atom. The molecular formula is C13H16F3NO2. The van der Waals surface area contributed by atoms with Gasteiger partial charge in [-0.05, 0) is 39.0 Å². The van der Waals surface area contributed by atoms with E-state index in [9.17, 15) is 18.0 Å². The Morgan fingerprint density at radius 1 is 1.21 bits per heavy atom. The molecule has 1 rings (SSSR count). The van der Waals surface area contributed by atoms with Crippen molar-refractivity contribution in [1.29, 1.82) is 0 Å². The van der Waals surface area contributed by atoms with Crippen LogP contribution in [0.2, 0.25) is 0 Å². The number of carbonyl (C=O) groups excluding carboxylic acids is 1. The molecule has 0 fully saturated rings. The van der Waals surface area contributed by atoms with Gasteiger partial charge < -0.3 is 4.74 Å². The van der Waals surface area contributed by atoms with Crippen molar-refractivity contribution in [1.82, 2.24) is 0 Å². The molecule has 0 atom stereocenters. The first-order valence-electron chi connectivity index (χ1n) is 5.65. The van der Waals surface area contributed by atoms with Crippen molar-refractivity contribution in [2.75, 3.05) is 11.9 Å². The Hall–Kier alpha value is -1.72. The van der Waals surface area contributed by atoms with Crippen LogP contribution in [0.25, 0.3) is 0 Å². The molecule has 0 saturated carbocycles. The van der Waals surface area contributed by atoms with E-state index >= 15 is 0 Å². The molecule has 1 aromatic carbocycles. The maximum atomic E-state index is 12.6. The van der Waals surface area contributed by atoms with E-state index in [1.165, 1.54) is 19.2 Å². The Labute approximate surface area is 110 Å². The standard InChI is InChI=1S/C13H16F3NO2/c1-12(2,3)19-11(18)17(4)10-7-5-6-9(8-10)13(14,15)16/h5-8H,1-4H3. The lowest BCUT2D eigenvalue weighted by Gasteiger charge is -2.25. The van der Waals surface area contributed by atoms with E-state index in [1.807, 2.05) is 0 Å². The zero-order valence-corrected chi connectivity index (χ0v) is 11.2. The normalized spacial score (nSPS) is 12.2. The van der Waals surface area contributed by atoms with Crippen molar-refractivity contribution in [2.24, 2.45) is 0 Å². The first-order valence-corrected chi connectivity index (χ1v) is 5.65. The predicted octanol–water partition coefficient (Wildman–Crippen LogP) is 4.08. The van der Waals surface area contributed by atoms with Crippen molar-refractivity contribution in [3.8, 4) is 0 Å². The van der Waals surface area contributed by atoms with Gasteiger partial charge in [0, 0.05) is 12.7 Å². The van der Waals surface area contributed by atoms with Gasteiger partial charge in [-0.25, -0.2) is 4.79 Å². The van der Waals surface area contributed by atoms with Crippen LogP contribution in [-0.2, 0) is 10.9 Å². The number of halogens is 3. The molecule has 0 aromatic heterocycles. The van der Waals surface area contributed by atoms with E-state index in [4.69, 9.17) is 4.74 Å². The number of alkyl halides is 3. The Balaban J connectivity index is 2.95. The van der Waals surface area contributed by atoms with Gasteiger partial charge >= 0.3 is 12.3 Å². The van der Waals surface area contributed by atoms with Gasteiger partial charge in [-0.2, -0.15) is 13.2 Å². The summed E-state index contributed by atoms with van der Waals surface area (Å²) in [4.78, 5) is 12.8. The summed E-state index contributed by atoms with van der Waals surface area (Å²) >= 11 is 0. The van der Waals surface area contributed by atoms with E-state index in [0.717, 1.165) is 17.0 Å². The van der Waals surface area contributed by atoms with Crippen LogP contribution in [0.15, 0.2) is 24.3 Å². The maximum Gasteiger partial charge on any atom is 0.416 e. The number of hydrogen-bond acceptors (Lipinski definition) is 2. The lowest BCUT2D eigenvalue weighted by atomic mass is 10.2. The quantitative estimate of drug-likeness (QED) is 0.773. The molecule has 0 aliphatic heterocycles. The molecule has 0 spiro atoms. The van der Waals surface area contributed by atoms with Gasteiger partial charge in [0.2, 0.25) is 0 Å². The van der Waals surface area contributed by atoms with Gasteiger partial charge in [-0.3, -0.25) is 4.90 Å². The fraction of sp³-hybridized carbons (Fsp3) is 0.462. The number of benzene rings is 1. The third-order valence-corrected chi connectivity index (χ3v) is 2.23. The first-order chi connectivity index (χ1) is 8.50. The second-order valence-electron chi connectivity index (χ2n) is 5.09. The molecule has 0 heterocycles. The Kier molecular flexibility index (Phi) is 4.12. The van der Waals surface area contributed by atoms with Crippen molar-refractivity contribution < 1.29 is 22.7 Å². The number of anilines is 1. The van der Waals surface area contributed by atoms with Crippen LogP contribution in [0.4, 0.5) is 23.7 Å². The predicted molar refractivity (Wildman–Crippen MR) is 66.1 cm³/mol. The molecule has 0 radical (unpaired) electrons. The zero-order chi connectivity index (χ0) is 14.8. The summed E-state index contributed by atoms with van der Waals surface area (Å²) in [6, 6.07) is 4.52. The summed E-state index contributed by atoms with van der Waals surface area (Å²) in [6.45, 7) is 5.06. The molecule has 1 amide bonds. The highest BCUT2D eigenvalue weighted by Gasteiger charge is 2.31. The Morgan fingerprint density at radius 2 is 1.79 bits per heavy atom. The average molecular weight is 275 g/mol. The summed E-state index contributed by atoms with van der Waals surface area (Å²) in [5.74, 6) is 0. The summed E-state index contributed by atoms with van der Waals surface area (Å²) in [6.07, 6.45) is -5.14. The highest BCUT2D eigenvalue weighted by atomic mass is 19.4. The minimum Gasteiger partial charge on any atom is -0.443 e. The molecule has 0 aliphatic carbocycles. The van der Waals surface area contributed by atoms with Crippen LogP contribution in [0.5, 0.6) is 0 Å². The summed E-state index contributed by atoms with van der Waals surface area (Å²) in [5, 5.41) is 0. The number of amides is 1. The van der Waals surface area contributed by atoms with E-state index in [-0.39, 0.29) is 5.69 Å². The number of carbonyl (C=O) groups is 1. The van der Waals surface area contributed by atoms with Crippen LogP contribution in [0.1, 0.15) is 26.3 Å².